The van der Waals surface area contributed by atoms with Crippen molar-refractivity contribution in [2.45, 2.75) is 0 Å². The van der Waals surface area contributed by atoms with Crippen LogP contribution in [0, 0.1) is 0 Å². The van der Waals surface area contributed by atoms with Crippen molar-refractivity contribution in [1.29, 1.82) is 0 Å². The van der Waals surface area contributed by atoms with Gasteiger partial charge < -0.3 is 9.62 Å². The molecule has 2 heterocycles. The Bertz CT molecular complexity index is 364. The third-order valence-corrected chi connectivity index (χ3v) is 1.92. The van der Waals surface area contributed by atoms with Crippen molar-refractivity contribution in [3.8, 4) is 0 Å². The van der Waals surface area contributed by atoms with Gasteiger partial charge in [0.15, 0.2) is 0 Å². The summed E-state index contributed by atoms with van der Waals surface area (Å²) in [5.41, 5.74) is 0. The fraction of sp³-hybridized carbons (Fsp3) is 0. The number of nitrogens with zero attached hydrogens (tertiary/aromatic N) is 2. The van der Waals surface area contributed by atoms with Crippen LogP contribution in [-0.4, -0.2) is 40.8 Å². The van der Waals surface area contributed by atoms with Crippen LogP contribution in [-0.2, 0) is 19.2 Å². The lowest BCUT2D eigenvalue weighted by atomic mass is 10.1. The molecule has 0 aromatic carbocycles. The number of carbonyl (C=O) groups is 4. The van der Waals surface area contributed by atoms with Crippen molar-refractivity contribution >= 4 is 31.2 Å². The average Bonchev–Trinajstić information content (AvgIpc) is 2.67. The first-order valence-corrected chi connectivity index (χ1v) is 4.05. The van der Waals surface area contributed by atoms with E-state index in [0.29, 0.717) is 9.62 Å². The maximum atomic E-state index is 11.1. The third kappa shape index (κ3) is 1.47. The molecular weight excluding hydrogens is 199 g/mol. The highest BCUT2D eigenvalue weighted by molar-refractivity contribution is 6.52. The van der Waals surface area contributed by atoms with Gasteiger partial charge in [-0.1, -0.05) is 0 Å². The Hall–Kier alpha value is -2.18. The van der Waals surface area contributed by atoms with Crippen molar-refractivity contribution in [1.82, 2.24) is 9.62 Å². The maximum absolute atomic E-state index is 11.1. The van der Waals surface area contributed by atoms with Gasteiger partial charge in [-0.05, 0) is 0 Å². The monoisotopic (exact) mass is 203 g/mol. The predicted octanol–water partition coefficient (Wildman–Crippen LogP) is -1.63. The van der Waals surface area contributed by atoms with E-state index < -0.39 is 23.6 Å². The van der Waals surface area contributed by atoms with E-state index in [9.17, 15) is 19.2 Å². The normalized spacial score (nSPS) is 19.7. The largest absolute Gasteiger partial charge is 0.412 e. The molecule has 0 spiro atoms. The molecule has 0 atom stereocenters. The molecule has 4 amide bonds. The van der Waals surface area contributed by atoms with Crippen molar-refractivity contribution < 1.29 is 19.2 Å². The Morgan fingerprint density at radius 1 is 0.667 bits per heavy atom. The summed E-state index contributed by atoms with van der Waals surface area (Å²) in [5.74, 6) is -2.31. The second kappa shape index (κ2) is 3.20. The molecule has 7 heteroatoms. The summed E-state index contributed by atoms with van der Waals surface area (Å²) in [5, 5.41) is 0. The minimum absolute atomic E-state index is 0.576. The summed E-state index contributed by atoms with van der Waals surface area (Å²) >= 11 is 0. The van der Waals surface area contributed by atoms with Crippen molar-refractivity contribution in [2.75, 3.05) is 0 Å². The summed E-state index contributed by atoms with van der Waals surface area (Å²) in [7, 11) is 0.898. The highest BCUT2D eigenvalue weighted by Crippen LogP contribution is 2.07. The zero-order chi connectivity index (χ0) is 11.0. The standard InChI is InChI=1S/C8H4BN2O4/c12-5-1-2-6(13)10(5)9-11-7(14)3-4-8(11)15/h1-4H. The number of carbonyl (C=O) groups excluding carboxylic acids is 4. The Morgan fingerprint density at radius 2 is 0.933 bits per heavy atom. The number of hydrogen-bond donors (Lipinski definition) is 0. The highest BCUT2D eigenvalue weighted by Gasteiger charge is 2.33. The van der Waals surface area contributed by atoms with Gasteiger partial charge in [-0.15, -0.1) is 0 Å². The molecule has 2 rings (SSSR count). The SMILES string of the molecule is O=C1C=CC(=O)N1[B]N1C(=O)C=CC1=O. The molecule has 0 aliphatic carbocycles. The summed E-state index contributed by atoms with van der Waals surface area (Å²) in [6.45, 7) is 0. The smallest absolute Gasteiger partial charge is 0.301 e. The summed E-state index contributed by atoms with van der Waals surface area (Å²) in [4.78, 5) is 45.8. The minimum atomic E-state index is -0.576. The molecule has 0 aromatic heterocycles. The van der Waals surface area contributed by atoms with Gasteiger partial charge in [0, 0.05) is 24.3 Å². The lowest BCUT2D eigenvalue weighted by molar-refractivity contribution is -0.133. The van der Waals surface area contributed by atoms with E-state index in [1.165, 1.54) is 0 Å². The van der Waals surface area contributed by atoms with E-state index in [4.69, 9.17) is 0 Å². The number of hydrogen-bond acceptors (Lipinski definition) is 4. The molecule has 0 saturated heterocycles. The first-order chi connectivity index (χ1) is 7.09. The Labute approximate surface area is 85.1 Å². The lowest BCUT2D eigenvalue weighted by Crippen LogP contribution is -2.47. The molecule has 0 aromatic rings. The Balaban J connectivity index is 2.10. The fourth-order valence-electron chi connectivity index (χ4n) is 1.17. The molecule has 15 heavy (non-hydrogen) atoms. The summed E-state index contributed by atoms with van der Waals surface area (Å²) in [6, 6.07) is 0. The van der Waals surface area contributed by atoms with Crippen LogP contribution in [0.2, 0.25) is 0 Å². The van der Waals surface area contributed by atoms with Crippen LogP contribution in [0.3, 0.4) is 0 Å². The topological polar surface area (TPSA) is 74.8 Å². The van der Waals surface area contributed by atoms with Gasteiger partial charge in [0.1, 0.15) is 0 Å². The molecule has 73 valence electrons. The van der Waals surface area contributed by atoms with Crippen LogP contribution in [0.4, 0.5) is 0 Å². The molecule has 6 nitrogen and oxygen atoms in total. The zero-order valence-electron chi connectivity index (χ0n) is 7.41. The first kappa shape index (κ1) is 9.38. The zero-order valence-corrected chi connectivity index (χ0v) is 7.41. The lowest BCUT2D eigenvalue weighted by Gasteiger charge is -2.18. The number of imide groups is 2. The van der Waals surface area contributed by atoms with Crippen molar-refractivity contribution in [3.63, 3.8) is 0 Å². The number of amides is 4. The van der Waals surface area contributed by atoms with E-state index >= 15 is 0 Å². The molecule has 2 aliphatic rings. The molecule has 0 saturated carbocycles. The minimum Gasteiger partial charge on any atom is -0.301 e. The molecule has 0 fully saturated rings. The van der Waals surface area contributed by atoms with Gasteiger partial charge in [-0.3, -0.25) is 19.2 Å². The Kier molecular flexibility index (Phi) is 2.00. The molecular formula is C8H4BN2O4. The van der Waals surface area contributed by atoms with Gasteiger partial charge in [-0.25, -0.2) is 0 Å². The van der Waals surface area contributed by atoms with Gasteiger partial charge in [0.2, 0.25) is 23.6 Å². The van der Waals surface area contributed by atoms with Crippen LogP contribution in [0.25, 0.3) is 0 Å². The highest BCUT2D eigenvalue weighted by atomic mass is 16.2. The van der Waals surface area contributed by atoms with Gasteiger partial charge in [0.25, 0.3) is 0 Å². The van der Waals surface area contributed by atoms with Gasteiger partial charge in [-0.2, -0.15) is 0 Å². The van der Waals surface area contributed by atoms with E-state index in [1.807, 2.05) is 0 Å². The second-order valence-corrected chi connectivity index (χ2v) is 2.88. The molecule has 0 N–H and O–H groups in total. The van der Waals surface area contributed by atoms with Crippen molar-refractivity contribution in [3.05, 3.63) is 24.3 Å². The molecule has 0 bridgehead atoms. The quantitative estimate of drug-likeness (QED) is 0.398. The number of rotatable bonds is 2. The van der Waals surface area contributed by atoms with Crippen LogP contribution in [0.15, 0.2) is 24.3 Å². The van der Waals surface area contributed by atoms with Crippen LogP contribution >= 0.6 is 0 Å². The molecule has 2 aliphatic heterocycles. The van der Waals surface area contributed by atoms with Gasteiger partial charge in [0.05, 0.1) is 0 Å². The van der Waals surface area contributed by atoms with Crippen LogP contribution in [0.5, 0.6) is 0 Å². The molecule has 0 unspecified atom stereocenters. The fourth-order valence-corrected chi connectivity index (χ4v) is 1.17. The maximum Gasteiger partial charge on any atom is 0.412 e. The average molecular weight is 203 g/mol. The van der Waals surface area contributed by atoms with Crippen molar-refractivity contribution in [2.24, 2.45) is 0 Å². The van der Waals surface area contributed by atoms with E-state index in [1.54, 1.807) is 0 Å². The first-order valence-electron chi connectivity index (χ1n) is 4.05. The van der Waals surface area contributed by atoms with E-state index in [-0.39, 0.29) is 0 Å². The summed E-state index contributed by atoms with van der Waals surface area (Å²) < 4.78 is 0. The van der Waals surface area contributed by atoms with Gasteiger partial charge >= 0.3 is 7.55 Å². The van der Waals surface area contributed by atoms with E-state index in [0.717, 1.165) is 31.9 Å². The predicted molar refractivity (Wildman–Crippen MR) is 47.7 cm³/mol. The molecule has 1 radical (unpaired) electrons. The van der Waals surface area contributed by atoms with Crippen LogP contribution in [0.1, 0.15) is 0 Å². The summed E-state index contributed by atoms with van der Waals surface area (Å²) in [6.07, 6.45) is 4.27. The third-order valence-electron chi connectivity index (χ3n) is 1.92. The van der Waals surface area contributed by atoms with Crippen LogP contribution < -0.4 is 0 Å². The van der Waals surface area contributed by atoms with E-state index in [2.05, 4.69) is 0 Å². The second-order valence-electron chi connectivity index (χ2n) is 2.88. The Morgan fingerprint density at radius 3 is 1.20 bits per heavy atom.